The average molecular weight is 1030 g/mol. The van der Waals surface area contributed by atoms with Crippen LogP contribution in [0.2, 0.25) is 10.6 Å². The lowest BCUT2D eigenvalue weighted by molar-refractivity contribution is -0.125. The minimum atomic E-state index is -1.20. The summed E-state index contributed by atoms with van der Waals surface area (Å²) in [5.41, 5.74) is 9.82. The highest BCUT2D eigenvalue weighted by molar-refractivity contribution is 6.28. The molecule has 8 rings (SSSR count). The minimum Gasteiger partial charge on any atom is -0.465 e. The van der Waals surface area contributed by atoms with E-state index in [1.165, 1.54) is 0 Å². The van der Waals surface area contributed by atoms with Crippen LogP contribution in [0, 0.1) is 35.3 Å². The standard InChI is InChI=1S/2C22H33ClFN7O4/c2*1-22(31-6-8-35-9-7-31)12-30(13-22)18-16(24)17(26-20(23)27-18)28-29-19(32)15(11-25-21(33)34)10-14-4-2-3-5-14/h2*14-15,25H,2-13H2,1H3,(H,29,32)(H,33,34)(H,26,27,28)/t2*15-/m11/s1. The van der Waals surface area contributed by atoms with Gasteiger partial charge < -0.3 is 40.1 Å². The van der Waals surface area contributed by atoms with Crippen LogP contribution >= 0.6 is 23.2 Å². The lowest BCUT2D eigenvalue weighted by Gasteiger charge is -2.55. The van der Waals surface area contributed by atoms with E-state index in [2.05, 4.69) is 75.9 Å². The molecule has 2 aromatic heterocycles. The second kappa shape index (κ2) is 24.0. The van der Waals surface area contributed by atoms with Crippen molar-refractivity contribution in [1.82, 2.24) is 51.2 Å². The molecule has 4 aliphatic heterocycles. The zero-order valence-corrected chi connectivity index (χ0v) is 41.2. The molecule has 4 amide bonds. The fourth-order valence-electron chi connectivity index (χ4n) is 10.6. The van der Waals surface area contributed by atoms with E-state index in [-0.39, 0.29) is 58.0 Å². The van der Waals surface area contributed by atoms with Gasteiger partial charge >= 0.3 is 12.2 Å². The van der Waals surface area contributed by atoms with Gasteiger partial charge in [0.15, 0.2) is 23.3 Å². The van der Waals surface area contributed by atoms with E-state index in [9.17, 15) is 19.2 Å². The highest BCUT2D eigenvalue weighted by Gasteiger charge is 2.47. The van der Waals surface area contributed by atoms with Gasteiger partial charge in [-0.2, -0.15) is 28.7 Å². The second-order valence-corrected chi connectivity index (χ2v) is 20.3. The quantitative estimate of drug-likeness (QED) is 0.0769. The number of carboxylic acid groups (broad SMARTS) is 2. The van der Waals surface area contributed by atoms with Crippen molar-refractivity contribution in [2.75, 3.05) is 113 Å². The molecule has 2 atom stereocenters. The van der Waals surface area contributed by atoms with Crippen molar-refractivity contribution in [2.24, 2.45) is 23.7 Å². The zero-order valence-electron chi connectivity index (χ0n) is 39.7. The number of amides is 4. The maximum absolute atomic E-state index is 15.3. The van der Waals surface area contributed by atoms with E-state index in [0.717, 1.165) is 77.5 Å². The normalized spacial score (nSPS) is 21.3. The van der Waals surface area contributed by atoms with Crippen molar-refractivity contribution in [2.45, 2.75) is 89.1 Å². The van der Waals surface area contributed by atoms with Gasteiger partial charge in [0.1, 0.15) is 0 Å². The third-order valence-corrected chi connectivity index (χ3v) is 14.8. The molecular formula is C44H66Cl2F2N14O8. The fourth-order valence-corrected chi connectivity index (χ4v) is 10.9. The summed E-state index contributed by atoms with van der Waals surface area (Å²) in [7, 11) is 0. The fraction of sp³-hybridized carbons (Fsp3) is 0.727. The number of carbonyl (C=O) groups is 4. The molecule has 4 saturated heterocycles. The van der Waals surface area contributed by atoms with Crippen LogP contribution in [-0.4, -0.2) is 167 Å². The van der Waals surface area contributed by atoms with E-state index in [0.29, 0.717) is 77.3 Å². The number of morpholine rings is 2. The van der Waals surface area contributed by atoms with Crippen LogP contribution in [-0.2, 0) is 19.1 Å². The van der Waals surface area contributed by atoms with Crippen LogP contribution < -0.4 is 42.1 Å². The Kier molecular flexibility index (Phi) is 18.2. The number of rotatable bonds is 18. The molecule has 0 aromatic carbocycles. The molecule has 0 spiro atoms. The first-order valence-corrected chi connectivity index (χ1v) is 24.9. The van der Waals surface area contributed by atoms with Gasteiger partial charge in [0.05, 0.1) is 49.3 Å². The van der Waals surface area contributed by atoms with Crippen LogP contribution in [0.4, 0.5) is 41.6 Å². The number of halogens is 4. The molecule has 0 unspecified atom stereocenters. The molecule has 22 nitrogen and oxygen atoms in total. The number of hydrazine groups is 2. The van der Waals surface area contributed by atoms with Crippen LogP contribution in [0.25, 0.3) is 0 Å². The predicted octanol–water partition coefficient (Wildman–Crippen LogP) is 4.17. The van der Waals surface area contributed by atoms with Gasteiger partial charge in [-0.25, -0.2) is 9.59 Å². The maximum atomic E-state index is 15.3. The summed E-state index contributed by atoms with van der Waals surface area (Å²) < 4.78 is 41.4. The topological polar surface area (TPSA) is 264 Å². The highest BCUT2D eigenvalue weighted by atomic mass is 35.5. The number of nitrogens with one attached hydrogen (secondary N) is 6. The number of aromatic nitrogens is 4. The molecule has 2 aromatic rings. The SMILES string of the molecule is CC1(N2CCOCC2)CN(c2nc(Cl)nc(NNC(=O)[C@@H](CNC(=O)O)CC3CCCC3)c2F)C1.CC1(N2CCOCC2)CN(c2nc(Cl)nc(NNC(=O)[C@@H](CNC(=O)O)CC3CCCC3)c2F)C1. The molecule has 388 valence electrons. The van der Waals surface area contributed by atoms with Gasteiger partial charge in [-0.05, 0) is 61.7 Å². The molecule has 0 radical (unpaired) electrons. The van der Waals surface area contributed by atoms with Crippen molar-refractivity contribution in [1.29, 1.82) is 0 Å². The second-order valence-electron chi connectivity index (χ2n) is 19.6. The third-order valence-electron chi connectivity index (χ3n) is 14.4. The highest BCUT2D eigenvalue weighted by Crippen LogP contribution is 2.37. The molecule has 6 fully saturated rings. The minimum absolute atomic E-state index is 0.0223. The lowest BCUT2D eigenvalue weighted by Crippen LogP contribution is -2.70. The van der Waals surface area contributed by atoms with Gasteiger partial charge in [-0.3, -0.25) is 41.1 Å². The Balaban J connectivity index is 0.000000206. The molecule has 70 heavy (non-hydrogen) atoms. The third kappa shape index (κ3) is 13.7. The Morgan fingerprint density at radius 3 is 1.30 bits per heavy atom. The van der Waals surface area contributed by atoms with E-state index in [1.807, 2.05) is 0 Å². The van der Waals surface area contributed by atoms with E-state index >= 15 is 8.78 Å². The summed E-state index contributed by atoms with van der Waals surface area (Å²) >= 11 is 12.1. The Bertz CT molecular complexity index is 1990. The number of hydrogen-bond acceptors (Lipinski definition) is 16. The molecule has 6 aliphatic rings. The first-order chi connectivity index (χ1) is 33.5. The Morgan fingerprint density at radius 1 is 0.629 bits per heavy atom. The molecule has 6 heterocycles. The largest absolute Gasteiger partial charge is 0.465 e. The molecule has 2 saturated carbocycles. The number of hydrogen-bond donors (Lipinski definition) is 8. The summed E-state index contributed by atoms with van der Waals surface area (Å²) in [4.78, 5) is 71.8. The van der Waals surface area contributed by atoms with Crippen LogP contribution in [0.3, 0.4) is 0 Å². The van der Waals surface area contributed by atoms with Gasteiger partial charge in [-0.15, -0.1) is 0 Å². The van der Waals surface area contributed by atoms with Crippen LogP contribution in [0.15, 0.2) is 0 Å². The molecule has 2 aliphatic carbocycles. The Labute approximate surface area is 415 Å². The predicted molar refractivity (Wildman–Crippen MR) is 256 cm³/mol. The summed E-state index contributed by atoms with van der Waals surface area (Å²) in [6.07, 6.45) is 7.22. The van der Waals surface area contributed by atoms with Crippen molar-refractivity contribution >= 4 is 70.5 Å². The van der Waals surface area contributed by atoms with E-state index in [4.69, 9.17) is 42.9 Å². The number of carbonyl (C=O) groups excluding carboxylic acids is 2. The number of anilines is 4. The summed E-state index contributed by atoms with van der Waals surface area (Å²) in [6.45, 7) is 12.6. The smallest absolute Gasteiger partial charge is 0.404 e. The number of nitrogens with zero attached hydrogens (tertiary/aromatic N) is 8. The van der Waals surface area contributed by atoms with Crippen molar-refractivity contribution in [3.8, 4) is 0 Å². The van der Waals surface area contributed by atoms with Gasteiger partial charge in [0.25, 0.3) is 0 Å². The van der Waals surface area contributed by atoms with Crippen molar-refractivity contribution in [3.63, 3.8) is 0 Å². The molecule has 0 bridgehead atoms. The monoisotopic (exact) mass is 1030 g/mol. The van der Waals surface area contributed by atoms with Gasteiger partial charge in [0, 0.05) is 65.4 Å². The van der Waals surface area contributed by atoms with E-state index < -0.39 is 47.5 Å². The van der Waals surface area contributed by atoms with Gasteiger partial charge in [0.2, 0.25) is 34.0 Å². The van der Waals surface area contributed by atoms with Crippen LogP contribution in [0.1, 0.15) is 78.1 Å². The lowest BCUT2D eigenvalue weighted by atomic mass is 9.89. The summed E-state index contributed by atoms with van der Waals surface area (Å²) in [5.74, 6) is -3.09. The zero-order chi connectivity index (χ0) is 50.0. The van der Waals surface area contributed by atoms with Crippen molar-refractivity contribution < 1.29 is 47.6 Å². The summed E-state index contributed by atoms with van der Waals surface area (Å²) in [6, 6.07) is 0. The van der Waals surface area contributed by atoms with E-state index in [1.54, 1.807) is 9.80 Å². The molecule has 8 N–H and O–H groups in total. The maximum Gasteiger partial charge on any atom is 0.404 e. The van der Waals surface area contributed by atoms with Crippen LogP contribution in [0.5, 0.6) is 0 Å². The van der Waals surface area contributed by atoms with Gasteiger partial charge in [-0.1, -0.05) is 51.4 Å². The Morgan fingerprint density at radius 2 is 0.971 bits per heavy atom. The molecular weight excluding hydrogens is 961 g/mol. The Hall–Kier alpha value is -4.88. The first-order valence-electron chi connectivity index (χ1n) is 24.2. The number of ether oxygens (including phenoxy) is 2. The average Bonchev–Trinajstić information content (AvgIpc) is 4.05. The summed E-state index contributed by atoms with van der Waals surface area (Å²) in [5, 5.41) is 22.2. The molecule has 26 heteroatoms. The first kappa shape index (κ1) is 52.9. The van der Waals surface area contributed by atoms with Crippen molar-refractivity contribution in [3.05, 3.63) is 22.2 Å².